The number of hydrogen-bond donors (Lipinski definition) is 0. The van der Waals surface area contributed by atoms with Gasteiger partial charge in [-0.15, -0.1) is 0 Å². The van der Waals surface area contributed by atoms with E-state index in [0.29, 0.717) is 24.3 Å². The summed E-state index contributed by atoms with van der Waals surface area (Å²) < 4.78 is 41.5. The SMILES string of the molecule is COc1ccc(CCCS(=O)(=O)[O-])cc1OC. The van der Waals surface area contributed by atoms with Gasteiger partial charge in [-0.05, 0) is 30.5 Å². The molecule has 0 aromatic heterocycles. The highest BCUT2D eigenvalue weighted by atomic mass is 32.2. The van der Waals surface area contributed by atoms with Crippen molar-refractivity contribution in [1.29, 1.82) is 0 Å². The lowest BCUT2D eigenvalue weighted by atomic mass is 10.1. The topological polar surface area (TPSA) is 75.7 Å². The van der Waals surface area contributed by atoms with Crippen LogP contribution in [0.4, 0.5) is 0 Å². The summed E-state index contributed by atoms with van der Waals surface area (Å²) in [6.45, 7) is 0. The maximum atomic E-state index is 10.4. The van der Waals surface area contributed by atoms with Crippen LogP contribution in [0.25, 0.3) is 0 Å². The van der Waals surface area contributed by atoms with Crippen LogP contribution in [0, 0.1) is 0 Å². The van der Waals surface area contributed by atoms with E-state index in [-0.39, 0.29) is 5.75 Å². The minimum Gasteiger partial charge on any atom is -0.748 e. The molecular weight excluding hydrogens is 244 g/mol. The first-order chi connectivity index (χ1) is 7.96. The summed E-state index contributed by atoms with van der Waals surface area (Å²) in [4.78, 5) is 0. The van der Waals surface area contributed by atoms with Crippen molar-refractivity contribution in [2.75, 3.05) is 20.0 Å². The summed E-state index contributed by atoms with van der Waals surface area (Å²) in [5, 5.41) is 0. The molecule has 0 saturated heterocycles. The van der Waals surface area contributed by atoms with Crippen molar-refractivity contribution in [1.82, 2.24) is 0 Å². The fourth-order valence-electron chi connectivity index (χ4n) is 1.49. The summed E-state index contributed by atoms with van der Waals surface area (Å²) in [7, 11) is -1.05. The molecule has 1 aromatic rings. The third-order valence-electron chi connectivity index (χ3n) is 2.31. The van der Waals surface area contributed by atoms with Crippen LogP contribution in [0.5, 0.6) is 11.5 Å². The summed E-state index contributed by atoms with van der Waals surface area (Å²) in [6, 6.07) is 5.34. The third kappa shape index (κ3) is 4.62. The number of rotatable bonds is 6. The Balaban J connectivity index is 2.66. The average Bonchev–Trinajstić information content (AvgIpc) is 2.27. The van der Waals surface area contributed by atoms with Gasteiger partial charge in [0.05, 0.1) is 24.3 Å². The number of hydrogen-bond acceptors (Lipinski definition) is 5. The van der Waals surface area contributed by atoms with Gasteiger partial charge in [0, 0.05) is 5.75 Å². The van der Waals surface area contributed by atoms with Crippen molar-refractivity contribution in [2.24, 2.45) is 0 Å². The molecule has 6 heteroatoms. The van der Waals surface area contributed by atoms with Crippen LogP contribution in [0.1, 0.15) is 12.0 Å². The van der Waals surface area contributed by atoms with E-state index < -0.39 is 10.1 Å². The van der Waals surface area contributed by atoms with Crippen molar-refractivity contribution in [3.8, 4) is 11.5 Å². The Hall–Kier alpha value is -1.27. The van der Waals surface area contributed by atoms with E-state index in [1.54, 1.807) is 19.2 Å². The fraction of sp³-hybridized carbons (Fsp3) is 0.455. The molecule has 0 N–H and O–H groups in total. The number of aryl methyl sites for hydroxylation is 1. The first kappa shape index (κ1) is 13.8. The van der Waals surface area contributed by atoms with E-state index in [1.807, 2.05) is 6.07 Å². The number of benzene rings is 1. The summed E-state index contributed by atoms with van der Waals surface area (Å²) in [6.07, 6.45) is 0.823. The third-order valence-corrected chi connectivity index (χ3v) is 3.10. The van der Waals surface area contributed by atoms with E-state index in [1.165, 1.54) is 7.11 Å². The van der Waals surface area contributed by atoms with E-state index in [0.717, 1.165) is 5.56 Å². The van der Waals surface area contributed by atoms with Crippen molar-refractivity contribution < 1.29 is 22.4 Å². The Kier molecular flexibility index (Phi) is 4.77. The molecule has 0 aliphatic heterocycles. The van der Waals surface area contributed by atoms with Crippen LogP contribution in [-0.2, 0) is 16.5 Å². The normalized spacial score (nSPS) is 11.2. The largest absolute Gasteiger partial charge is 0.748 e. The van der Waals surface area contributed by atoms with Crippen LogP contribution in [-0.4, -0.2) is 32.9 Å². The fourth-order valence-corrected chi connectivity index (χ4v) is 1.99. The maximum absolute atomic E-state index is 10.4. The molecule has 0 fully saturated rings. The molecule has 0 aliphatic rings. The molecule has 0 aliphatic carbocycles. The lowest BCUT2D eigenvalue weighted by molar-refractivity contribution is 0.354. The van der Waals surface area contributed by atoms with Gasteiger partial charge in [-0.2, -0.15) is 0 Å². The molecule has 0 saturated carbocycles. The average molecular weight is 259 g/mol. The zero-order valence-corrected chi connectivity index (χ0v) is 10.6. The number of methoxy groups -OCH3 is 2. The Morgan fingerprint density at radius 2 is 1.82 bits per heavy atom. The van der Waals surface area contributed by atoms with E-state index in [9.17, 15) is 13.0 Å². The smallest absolute Gasteiger partial charge is 0.160 e. The Bertz CT molecular complexity index is 467. The molecule has 96 valence electrons. The molecule has 0 radical (unpaired) electrons. The quantitative estimate of drug-likeness (QED) is 0.717. The summed E-state index contributed by atoms with van der Waals surface area (Å²) in [5.74, 6) is 0.865. The van der Waals surface area contributed by atoms with Gasteiger partial charge in [0.15, 0.2) is 11.5 Å². The Morgan fingerprint density at radius 1 is 1.18 bits per heavy atom. The molecule has 1 rings (SSSR count). The van der Waals surface area contributed by atoms with E-state index in [2.05, 4.69) is 0 Å². The molecular formula is C11H15O5S-. The van der Waals surface area contributed by atoms with Gasteiger partial charge in [0.25, 0.3) is 0 Å². The Labute approximate surface area is 101 Å². The molecule has 0 heterocycles. The molecule has 0 spiro atoms. The predicted molar refractivity (Wildman–Crippen MR) is 62.4 cm³/mol. The van der Waals surface area contributed by atoms with Crippen molar-refractivity contribution >= 4 is 10.1 Å². The van der Waals surface area contributed by atoms with Crippen LogP contribution in [0.15, 0.2) is 18.2 Å². The zero-order chi connectivity index (χ0) is 12.9. The van der Waals surface area contributed by atoms with Crippen LogP contribution in [0.3, 0.4) is 0 Å². The first-order valence-corrected chi connectivity index (χ1v) is 6.68. The second-order valence-electron chi connectivity index (χ2n) is 3.55. The van der Waals surface area contributed by atoms with Crippen LogP contribution >= 0.6 is 0 Å². The molecule has 17 heavy (non-hydrogen) atoms. The molecule has 0 amide bonds. The van der Waals surface area contributed by atoms with E-state index in [4.69, 9.17) is 9.47 Å². The maximum Gasteiger partial charge on any atom is 0.160 e. The van der Waals surface area contributed by atoms with Crippen molar-refractivity contribution in [2.45, 2.75) is 12.8 Å². The first-order valence-electron chi connectivity index (χ1n) is 5.11. The van der Waals surface area contributed by atoms with Gasteiger partial charge in [0.1, 0.15) is 0 Å². The predicted octanol–water partition coefficient (Wildman–Crippen LogP) is 1.18. The van der Waals surface area contributed by atoms with Crippen molar-refractivity contribution in [3.63, 3.8) is 0 Å². The highest BCUT2D eigenvalue weighted by Crippen LogP contribution is 2.27. The number of ether oxygens (including phenoxy) is 2. The highest BCUT2D eigenvalue weighted by Gasteiger charge is 2.05. The monoisotopic (exact) mass is 259 g/mol. The van der Waals surface area contributed by atoms with Crippen LogP contribution < -0.4 is 9.47 Å². The summed E-state index contributed by atoms with van der Waals surface area (Å²) in [5.41, 5.74) is 0.909. The molecule has 0 atom stereocenters. The van der Waals surface area contributed by atoms with Gasteiger partial charge in [0.2, 0.25) is 0 Å². The lowest BCUT2D eigenvalue weighted by Crippen LogP contribution is -2.05. The highest BCUT2D eigenvalue weighted by molar-refractivity contribution is 7.85. The molecule has 0 unspecified atom stereocenters. The second-order valence-corrected chi connectivity index (χ2v) is 5.08. The minimum absolute atomic E-state index is 0.307. The van der Waals surface area contributed by atoms with Gasteiger partial charge in [-0.3, -0.25) is 0 Å². The summed E-state index contributed by atoms with van der Waals surface area (Å²) >= 11 is 0. The Morgan fingerprint density at radius 3 is 2.35 bits per heavy atom. The molecule has 0 bridgehead atoms. The van der Waals surface area contributed by atoms with E-state index >= 15 is 0 Å². The van der Waals surface area contributed by atoms with Gasteiger partial charge in [-0.25, -0.2) is 8.42 Å². The van der Waals surface area contributed by atoms with Crippen molar-refractivity contribution in [3.05, 3.63) is 23.8 Å². The standard InChI is InChI=1S/C11H16O5S/c1-15-10-6-5-9(8-11(10)16-2)4-3-7-17(12,13)14/h5-6,8H,3-4,7H2,1-2H3,(H,12,13,14)/p-1. The van der Waals surface area contributed by atoms with Gasteiger partial charge >= 0.3 is 0 Å². The second kappa shape index (κ2) is 5.88. The lowest BCUT2D eigenvalue weighted by Gasteiger charge is -2.10. The molecule has 1 aromatic carbocycles. The van der Waals surface area contributed by atoms with Crippen LogP contribution in [0.2, 0.25) is 0 Å². The van der Waals surface area contributed by atoms with Gasteiger partial charge < -0.3 is 14.0 Å². The van der Waals surface area contributed by atoms with Gasteiger partial charge in [-0.1, -0.05) is 6.07 Å². The molecule has 5 nitrogen and oxygen atoms in total. The zero-order valence-electron chi connectivity index (χ0n) is 9.80. The minimum atomic E-state index is -4.13.